The van der Waals surface area contributed by atoms with Crippen molar-refractivity contribution in [3.8, 4) is 0 Å². The molecular weight excluding hydrogens is 254 g/mol. The summed E-state index contributed by atoms with van der Waals surface area (Å²) in [5, 5.41) is 9.40. The van der Waals surface area contributed by atoms with E-state index in [1.54, 1.807) is 12.1 Å². The average molecular weight is 275 g/mol. The van der Waals surface area contributed by atoms with Crippen molar-refractivity contribution in [2.75, 3.05) is 30.3 Å². The van der Waals surface area contributed by atoms with Crippen molar-refractivity contribution < 1.29 is 9.90 Å². The number of carboxylic acid groups (broad SMARTS) is 1. The Bertz CT molecular complexity index is 532. The lowest BCUT2D eigenvalue weighted by molar-refractivity contribution is 0.0697. The summed E-state index contributed by atoms with van der Waals surface area (Å²) in [6, 6.07) is 6.08. The van der Waals surface area contributed by atoms with Crippen LogP contribution < -0.4 is 10.6 Å². The number of nitrogens with zero attached hydrogens (tertiary/aromatic N) is 2. The highest BCUT2D eigenvalue weighted by Gasteiger charge is 2.35. The molecule has 2 fully saturated rings. The van der Waals surface area contributed by atoms with E-state index in [2.05, 4.69) is 16.7 Å². The van der Waals surface area contributed by atoms with Crippen LogP contribution >= 0.6 is 0 Å². The number of anilines is 2. The van der Waals surface area contributed by atoms with Crippen LogP contribution in [0.1, 0.15) is 30.1 Å². The minimum absolute atomic E-state index is 0.309. The highest BCUT2D eigenvalue weighted by Crippen LogP contribution is 2.31. The lowest BCUT2D eigenvalue weighted by Crippen LogP contribution is -2.55. The molecule has 3 N–H and O–H groups in total. The zero-order chi connectivity index (χ0) is 14.3. The summed E-state index contributed by atoms with van der Waals surface area (Å²) in [5.74, 6) is -0.909. The van der Waals surface area contributed by atoms with Crippen LogP contribution in [0.25, 0.3) is 0 Å². The van der Waals surface area contributed by atoms with E-state index in [-0.39, 0.29) is 0 Å². The number of carboxylic acids is 1. The van der Waals surface area contributed by atoms with Gasteiger partial charge in [-0.1, -0.05) is 0 Å². The van der Waals surface area contributed by atoms with Gasteiger partial charge in [0.2, 0.25) is 0 Å². The van der Waals surface area contributed by atoms with Crippen LogP contribution in [0.4, 0.5) is 11.4 Å². The Hall–Kier alpha value is -1.75. The van der Waals surface area contributed by atoms with Gasteiger partial charge in [0.15, 0.2) is 0 Å². The lowest BCUT2D eigenvalue weighted by atomic mass is 10.0. The second-order valence-corrected chi connectivity index (χ2v) is 5.87. The second kappa shape index (κ2) is 4.98. The van der Waals surface area contributed by atoms with Crippen molar-refractivity contribution in [1.82, 2.24) is 4.90 Å². The van der Waals surface area contributed by atoms with Crippen molar-refractivity contribution in [2.24, 2.45) is 0 Å². The molecule has 108 valence electrons. The summed E-state index contributed by atoms with van der Waals surface area (Å²) in [7, 11) is 0. The Labute approximate surface area is 119 Å². The van der Waals surface area contributed by atoms with Gasteiger partial charge < -0.3 is 15.7 Å². The topological polar surface area (TPSA) is 69.8 Å². The van der Waals surface area contributed by atoms with Gasteiger partial charge in [-0.3, -0.25) is 4.90 Å². The summed E-state index contributed by atoms with van der Waals surface area (Å²) < 4.78 is 0. The summed E-state index contributed by atoms with van der Waals surface area (Å²) in [6.07, 6.45) is 2.46. The Morgan fingerprint density at radius 3 is 2.95 bits per heavy atom. The molecule has 0 aliphatic carbocycles. The molecular formula is C15H21N3O2. The zero-order valence-corrected chi connectivity index (χ0v) is 11.7. The fraction of sp³-hybridized carbons (Fsp3) is 0.533. The Balaban J connectivity index is 1.93. The van der Waals surface area contributed by atoms with Crippen molar-refractivity contribution >= 4 is 17.3 Å². The largest absolute Gasteiger partial charge is 0.478 e. The first-order valence-corrected chi connectivity index (χ1v) is 7.20. The zero-order valence-electron chi connectivity index (χ0n) is 11.7. The first-order chi connectivity index (χ1) is 9.56. The van der Waals surface area contributed by atoms with Gasteiger partial charge in [-0.15, -0.1) is 0 Å². The molecule has 5 heteroatoms. The van der Waals surface area contributed by atoms with Gasteiger partial charge in [-0.2, -0.15) is 0 Å². The standard InChI is InChI=1S/C15H21N3O2/c1-10-8-17-6-2-3-12(17)9-18(10)14-5-4-11(16)7-13(14)15(19)20/h4-5,7,10,12H,2-3,6,8-9,16H2,1H3,(H,19,20). The molecule has 1 aromatic rings. The highest BCUT2D eigenvalue weighted by atomic mass is 16.4. The minimum Gasteiger partial charge on any atom is -0.478 e. The number of rotatable bonds is 2. The molecule has 2 aliphatic rings. The summed E-state index contributed by atoms with van der Waals surface area (Å²) in [4.78, 5) is 16.2. The molecule has 2 heterocycles. The molecule has 0 radical (unpaired) electrons. The van der Waals surface area contributed by atoms with Crippen LogP contribution in [-0.4, -0.2) is 47.7 Å². The Morgan fingerprint density at radius 1 is 1.40 bits per heavy atom. The molecule has 20 heavy (non-hydrogen) atoms. The van der Waals surface area contributed by atoms with Gasteiger partial charge in [-0.25, -0.2) is 4.79 Å². The number of aromatic carboxylic acids is 1. The molecule has 0 aromatic heterocycles. The third-order valence-electron chi connectivity index (χ3n) is 4.50. The third kappa shape index (κ3) is 2.22. The lowest BCUT2D eigenvalue weighted by Gasteiger charge is -2.44. The van der Waals surface area contributed by atoms with Crippen LogP contribution in [0.15, 0.2) is 18.2 Å². The number of benzene rings is 1. The van der Waals surface area contributed by atoms with E-state index in [0.29, 0.717) is 23.3 Å². The summed E-state index contributed by atoms with van der Waals surface area (Å²) >= 11 is 0. The first-order valence-electron chi connectivity index (χ1n) is 7.20. The number of piperazine rings is 1. The minimum atomic E-state index is -0.909. The molecule has 0 bridgehead atoms. The van der Waals surface area contributed by atoms with Gasteiger partial charge in [0.1, 0.15) is 0 Å². The maximum Gasteiger partial charge on any atom is 0.337 e. The third-order valence-corrected chi connectivity index (χ3v) is 4.50. The molecule has 3 rings (SSSR count). The van der Waals surface area contributed by atoms with Gasteiger partial charge >= 0.3 is 5.97 Å². The van der Waals surface area contributed by atoms with E-state index in [1.807, 2.05) is 6.07 Å². The quantitative estimate of drug-likeness (QED) is 0.803. The highest BCUT2D eigenvalue weighted by molar-refractivity contribution is 5.95. The maximum absolute atomic E-state index is 11.5. The Morgan fingerprint density at radius 2 is 2.20 bits per heavy atom. The van der Waals surface area contributed by atoms with Crippen LogP contribution in [0, 0.1) is 0 Å². The molecule has 2 unspecified atom stereocenters. The van der Waals surface area contributed by atoms with Crippen molar-refractivity contribution in [2.45, 2.75) is 31.8 Å². The molecule has 5 nitrogen and oxygen atoms in total. The molecule has 1 aromatic carbocycles. The van der Waals surface area contributed by atoms with Crippen LogP contribution in [-0.2, 0) is 0 Å². The number of carbonyl (C=O) groups is 1. The van der Waals surface area contributed by atoms with Crippen LogP contribution in [0.3, 0.4) is 0 Å². The first kappa shape index (κ1) is 13.2. The molecule has 2 aliphatic heterocycles. The molecule has 2 saturated heterocycles. The predicted molar refractivity (Wildman–Crippen MR) is 79.2 cm³/mol. The number of fused-ring (bicyclic) bond motifs is 1. The van der Waals surface area contributed by atoms with E-state index in [9.17, 15) is 9.90 Å². The van der Waals surface area contributed by atoms with Crippen molar-refractivity contribution in [3.63, 3.8) is 0 Å². The number of hydrogen-bond acceptors (Lipinski definition) is 4. The average Bonchev–Trinajstić information content (AvgIpc) is 2.85. The van der Waals surface area contributed by atoms with Crippen molar-refractivity contribution in [3.05, 3.63) is 23.8 Å². The van der Waals surface area contributed by atoms with Crippen molar-refractivity contribution in [1.29, 1.82) is 0 Å². The van der Waals surface area contributed by atoms with Gasteiger partial charge in [0, 0.05) is 30.9 Å². The van der Waals surface area contributed by atoms with E-state index < -0.39 is 5.97 Å². The molecule has 0 amide bonds. The number of nitrogen functional groups attached to an aromatic ring is 1. The summed E-state index contributed by atoms with van der Waals surface area (Å²) in [6.45, 7) is 5.26. The second-order valence-electron chi connectivity index (χ2n) is 5.87. The van der Waals surface area contributed by atoms with Gasteiger partial charge in [0.05, 0.1) is 11.3 Å². The fourth-order valence-corrected chi connectivity index (χ4v) is 3.50. The summed E-state index contributed by atoms with van der Waals surface area (Å²) in [5.41, 5.74) is 7.33. The maximum atomic E-state index is 11.5. The SMILES string of the molecule is CC1CN2CCCC2CN1c1ccc(N)cc1C(=O)O. The van der Waals surface area contributed by atoms with Gasteiger partial charge in [0.25, 0.3) is 0 Å². The predicted octanol–water partition coefficient (Wildman–Crippen LogP) is 1.64. The van der Waals surface area contributed by atoms with Crippen LogP contribution in [0.2, 0.25) is 0 Å². The smallest absolute Gasteiger partial charge is 0.337 e. The van der Waals surface area contributed by atoms with E-state index in [1.165, 1.54) is 19.4 Å². The number of hydrogen-bond donors (Lipinski definition) is 2. The van der Waals surface area contributed by atoms with E-state index in [0.717, 1.165) is 18.8 Å². The van der Waals surface area contributed by atoms with Crippen LogP contribution in [0.5, 0.6) is 0 Å². The van der Waals surface area contributed by atoms with E-state index >= 15 is 0 Å². The van der Waals surface area contributed by atoms with Gasteiger partial charge in [-0.05, 0) is 44.5 Å². The fourth-order valence-electron chi connectivity index (χ4n) is 3.50. The molecule has 2 atom stereocenters. The van der Waals surface area contributed by atoms with E-state index in [4.69, 9.17) is 5.73 Å². The normalized spacial score (nSPS) is 26.6. The monoisotopic (exact) mass is 275 g/mol. The molecule has 0 saturated carbocycles. The molecule has 0 spiro atoms. The number of nitrogens with two attached hydrogens (primary N) is 1. The Kier molecular flexibility index (Phi) is 3.30.